The minimum atomic E-state index is -0.300. The minimum absolute atomic E-state index is 0.0376. The number of aliphatic hydroxyl groups is 1. The van der Waals surface area contributed by atoms with Crippen molar-refractivity contribution in [3.8, 4) is 0 Å². The second kappa shape index (κ2) is 4.60. The van der Waals surface area contributed by atoms with Crippen LogP contribution in [0.1, 0.15) is 30.6 Å². The number of ether oxygens (including phenoxy) is 1. The molecular weight excluding hydrogens is 210 g/mol. The molecule has 0 spiro atoms. The van der Waals surface area contributed by atoms with E-state index in [9.17, 15) is 5.11 Å². The number of thiazole rings is 1. The van der Waals surface area contributed by atoms with Crippen molar-refractivity contribution in [3.63, 3.8) is 0 Å². The largest absolute Gasteiger partial charge is 0.393 e. The summed E-state index contributed by atoms with van der Waals surface area (Å²) in [5.74, 6) is 0. The van der Waals surface area contributed by atoms with Crippen LogP contribution in [-0.4, -0.2) is 28.9 Å². The van der Waals surface area contributed by atoms with Crippen molar-refractivity contribution >= 4 is 11.3 Å². The van der Waals surface area contributed by atoms with Gasteiger partial charge in [0.1, 0.15) is 0 Å². The van der Waals surface area contributed by atoms with Crippen molar-refractivity contribution in [2.75, 3.05) is 7.11 Å². The number of hydrogen-bond acceptors (Lipinski definition) is 4. The summed E-state index contributed by atoms with van der Waals surface area (Å²) in [6.07, 6.45) is 6.38. The Hall–Kier alpha value is -0.450. The molecule has 0 bridgehead atoms. The summed E-state index contributed by atoms with van der Waals surface area (Å²) in [6, 6.07) is 0. The van der Waals surface area contributed by atoms with Gasteiger partial charge in [0.25, 0.3) is 0 Å². The van der Waals surface area contributed by atoms with Crippen molar-refractivity contribution in [2.45, 2.75) is 43.8 Å². The standard InChI is InChI=1S/C11H17NO2S/c1-14-11(3-2-4-11)6-9(13)5-10-7-12-8-15-10/h7-9,13H,2-6H2,1H3. The molecule has 3 nitrogen and oxygen atoms in total. The molecule has 0 amide bonds. The van der Waals surface area contributed by atoms with E-state index in [0.717, 1.165) is 24.1 Å². The second-order valence-electron chi connectivity index (χ2n) is 4.27. The topological polar surface area (TPSA) is 42.4 Å². The van der Waals surface area contributed by atoms with Crippen molar-refractivity contribution in [2.24, 2.45) is 0 Å². The summed E-state index contributed by atoms with van der Waals surface area (Å²) in [5.41, 5.74) is 1.77. The van der Waals surface area contributed by atoms with Crippen LogP contribution < -0.4 is 0 Å². The normalized spacial score (nSPS) is 20.9. The molecule has 1 unspecified atom stereocenters. The van der Waals surface area contributed by atoms with Crippen LogP contribution >= 0.6 is 11.3 Å². The van der Waals surface area contributed by atoms with Crippen LogP contribution in [0.5, 0.6) is 0 Å². The lowest BCUT2D eigenvalue weighted by molar-refractivity contribution is -0.0988. The fourth-order valence-electron chi connectivity index (χ4n) is 2.14. The fraction of sp³-hybridized carbons (Fsp3) is 0.727. The van der Waals surface area contributed by atoms with Crippen LogP contribution in [0.3, 0.4) is 0 Å². The summed E-state index contributed by atoms with van der Waals surface area (Å²) in [4.78, 5) is 5.15. The molecule has 1 saturated carbocycles. The lowest BCUT2D eigenvalue weighted by atomic mass is 9.76. The van der Waals surface area contributed by atoms with E-state index < -0.39 is 0 Å². The van der Waals surface area contributed by atoms with Crippen LogP contribution in [0.2, 0.25) is 0 Å². The Morgan fingerprint density at radius 1 is 1.67 bits per heavy atom. The first-order chi connectivity index (χ1) is 7.24. The number of hydrogen-bond donors (Lipinski definition) is 1. The van der Waals surface area contributed by atoms with E-state index in [2.05, 4.69) is 4.98 Å². The lowest BCUT2D eigenvalue weighted by Crippen LogP contribution is -2.42. The highest BCUT2D eigenvalue weighted by Gasteiger charge is 2.38. The Labute approximate surface area is 94.1 Å². The predicted octanol–water partition coefficient (Wildman–Crippen LogP) is 2.01. The Morgan fingerprint density at radius 3 is 2.93 bits per heavy atom. The van der Waals surface area contributed by atoms with Crippen LogP contribution in [-0.2, 0) is 11.2 Å². The van der Waals surface area contributed by atoms with Gasteiger partial charge in [0, 0.05) is 31.0 Å². The van der Waals surface area contributed by atoms with Gasteiger partial charge >= 0.3 is 0 Å². The molecule has 4 heteroatoms. The van der Waals surface area contributed by atoms with Gasteiger partial charge in [0.05, 0.1) is 17.2 Å². The van der Waals surface area contributed by atoms with E-state index in [4.69, 9.17) is 4.74 Å². The lowest BCUT2D eigenvalue weighted by Gasteiger charge is -2.41. The number of aliphatic hydroxyl groups excluding tert-OH is 1. The quantitative estimate of drug-likeness (QED) is 0.836. The van der Waals surface area contributed by atoms with Crippen molar-refractivity contribution in [1.82, 2.24) is 4.98 Å². The zero-order valence-electron chi connectivity index (χ0n) is 8.98. The maximum atomic E-state index is 9.95. The van der Waals surface area contributed by atoms with Gasteiger partial charge in [-0.05, 0) is 19.3 Å². The summed E-state index contributed by atoms with van der Waals surface area (Å²) < 4.78 is 5.49. The highest BCUT2D eigenvalue weighted by atomic mass is 32.1. The minimum Gasteiger partial charge on any atom is -0.393 e. The Kier molecular flexibility index (Phi) is 3.38. The molecule has 0 aromatic carbocycles. The van der Waals surface area contributed by atoms with Crippen LogP contribution in [0.15, 0.2) is 11.7 Å². The zero-order valence-corrected chi connectivity index (χ0v) is 9.80. The van der Waals surface area contributed by atoms with Crippen LogP contribution in [0, 0.1) is 0 Å². The number of aromatic nitrogens is 1. The summed E-state index contributed by atoms with van der Waals surface area (Å²) in [6.45, 7) is 0. The molecule has 2 rings (SSSR count). The Balaban J connectivity index is 1.84. The number of methoxy groups -OCH3 is 1. The first kappa shape index (κ1) is 11.0. The van der Waals surface area contributed by atoms with E-state index in [0.29, 0.717) is 6.42 Å². The number of nitrogens with zero attached hydrogens (tertiary/aromatic N) is 1. The average Bonchev–Trinajstić information content (AvgIpc) is 2.64. The molecule has 1 heterocycles. The molecule has 1 aliphatic rings. The average molecular weight is 227 g/mol. The molecule has 0 radical (unpaired) electrons. The first-order valence-electron chi connectivity index (χ1n) is 5.35. The van der Waals surface area contributed by atoms with Crippen LogP contribution in [0.25, 0.3) is 0 Å². The molecule has 1 aromatic rings. The maximum absolute atomic E-state index is 9.95. The second-order valence-corrected chi connectivity index (χ2v) is 5.24. The van der Waals surface area contributed by atoms with E-state index >= 15 is 0 Å². The van der Waals surface area contributed by atoms with E-state index in [1.165, 1.54) is 6.42 Å². The van der Waals surface area contributed by atoms with Gasteiger partial charge in [0.15, 0.2) is 0 Å². The Morgan fingerprint density at radius 2 is 2.47 bits per heavy atom. The van der Waals surface area contributed by atoms with Crippen LogP contribution in [0.4, 0.5) is 0 Å². The van der Waals surface area contributed by atoms with E-state index in [1.54, 1.807) is 24.0 Å². The monoisotopic (exact) mass is 227 g/mol. The van der Waals surface area contributed by atoms with Gasteiger partial charge < -0.3 is 9.84 Å². The molecule has 1 atom stereocenters. The summed E-state index contributed by atoms with van der Waals surface area (Å²) in [7, 11) is 1.75. The molecule has 1 aliphatic carbocycles. The highest BCUT2D eigenvalue weighted by molar-refractivity contribution is 7.09. The fourth-order valence-corrected chi connectivity index (χ4v) is 2.81. The summed E-state index contributed by atoms with van der Waals surface area (Å²) >= 11 is 1.60. The van der Waals surface area contributed by atoms with Gasteiger partial charge in [-0.3, -0.25) is 4.98 Å². The number of rotatable bonds is 5. The third-order valence-corrected chi connectivity index (χ3v) is 4.03. The molecular formula is C11H17NO2S. The highest BCUT2D eigenvalue weighted by Crippen LogP contribution is 2.39. The smallest absolute Gasteiger partial charge is 0.0794 e. The maximum Gasteiger partial charge on any atom is 0.0794 e. The third kappa shape index (κ3) is 2.56. The van der Waals surface area contributed by atoms with Gasteiger partial charge in [0.2, 0.25) is 0 Å². The van der Waals surface area contributed by atoms with Gasteiger partial charge in [-0.15, -0.1) is 11.3 Å². The SMILES string of the molecule is COC1(CC(O)Cc2cncs2)CCC1. The summed E-state index contributed by atoms with van der Waals surface area (Å²) in [5, 5.41) is 9.95. The van der Waals surface area contributed by atoms with Crippen molar-refractivity contribution in [3.05, 3.63) is 16.6 Å². The first-order valence-corrected chi connectivity index (χ1v) is 6.23. The molecule has 1 N–H and O–H groups in total. The van der Waals surface area contributed by atoms with E-state index in [-0.39, 0.29) is 11.7 Å². The molecule has 0 aliphatic heterocycles. The van der Waals surface area contributed by atoms with Gasteiger partial charge in [-0.25, -0.2) is 0 Å². The molecule has 1 aromatic heterocycles. The van der Waals surface area contributed by atoms with Gasteiger partial charge in [-0.2, -0.15) is 0 Å². The zero-order chi connectivity index (χ0) is 10.7. The molecule has 84 valence electrons. The van der Waals surface area contributed by atoms with E-state index in [1.807, 2.05) is 6.20 Å². The molecule has 0 saturated heterocycles. The van der Waals surface area contributed by atoms with Gasteiger partial charge in [-0.1, -0.05) is 0 Å². The molecule has 15 heavy (non-hydrogen) atoms. The predicted molar refractivity (Wildman–Crippen MR) is 60.0 cm³/mol. The third-order valence-electron chi connectivity index (χ3n) is 3.23. The van der Waals surface area contributed by atoms with Crippen molar-refractivity contribution < 1.29 is 9.84 Å². The Bertz CT molecular complexity index is 290. The van der Waals surface area contributed by atoms with Crippen molar-refractivity contribution in [1.29, 1.82) is 0 Å². The molecule has 1 fully saturated rings.